The van der Waals surface area contributed by atoms with Crippen molar-refractivity contribution in [1.29, 1.82) is 0 Å². The second-order valence-corrected chi connectivity index (χ2v) is 13.2. The van der Waals surface area contributed by atoms with Crippen LogP contribution in [-0.2, 0) is 0 Å². The molecule has 0 aliphatic heterocycles. The van der Waals surface area contributed by atoms with Crippen LogP contribution in [-0.4, -0.2) is 0 Å². The van der Waals surface area contributed by atoms with Gasteiger partial charge in [0.1, 0.15) is 0 Å². The van der Waals surface area contributed by atoms with Gasteiger partial charge in [-0.05, 0) is 140 Å². The molecule has 48 heavy (non-hydrogen) atoms. The van der Waals surface area contributed by atoms with Crippen molar-refractivity contribution >= 4 is 38.6 Å². The number of rotatable bonds is 5. The molecule has 0 radical (unpaired) electrons. The van der Waals surface area contributed by atoms with Crippen LogP contribution in [0.2, 0.25) is 0 Å². The maximum atomic E-state index is 2.43. The van der Waals surface area contributed by atoms with Crippen molar-refractivity contribution in [3.63, 3.8) is 0 Å². The Bertz CT molecular complexity index is 2510. The zero-order valence-electron chi connectivity index (χ0n) is 27.5. The predicted octanol–water partition coefficient (Wildman–Crippen LogP) is 13.4. The molecule has 0 atom stereocenters. The van der Waals surface area contributed by atoms with Gasteiger partial charge in [0.25, 0.3) is 0 Å². The SMILES string of the molecule is Cc1ccc(N(c2ccc3cc4c(cc3c2)-c2c-4c(-c3ccccc3)c3ccccc3c2-c2ccccc2)c2cc(C)ccc2C)cc1. The minimum Gasteiger partial charge on any atom is -0.310 e. The van der Waals surface area contributed by atoms with E-state index in [-0.39, 0.29) is 0 Å². The number of aryl methyl sites for hydroxylation is 3. The molecule has 1 heteroatoms. The fourth-order valence-corrected chi connectivity index (χ4v) is 7.64. The number of fused-ring (bicyclic) bond motifs is 6. The van der Waals surface area contributed by atoms with Gasteiger partial charge in [0.15, 0.2) is 0 Å². The summed E-state index contributed by atoms with van der Waals surface area (Å²) >= 11 is 0. The zero-order chi connectivity index (χ0) is 32.4. The predicted molar refractivity (Wildman–Crippen MR) is 206 cm³/mol. The van der Waals surface area contributed by atoms with Gasteiger partial charge in [0, 0.05) is 17.1 Å². The monoisotopic (exact) mass is 613 g/mol. The topological polar surface area (TPSA) is 3.24 Å². The van der Waals surface area contributed by atoms with E-state index in [1.165, 1.54) is 88.4 Å². The summed E-state index contributed by atoms with van der Waals surface area (Å²) in [4.78, 5) is 2.41. The highest BCUT2D eigenvalue weighted by atomic mass is 15.1. The summed E-state index contributed by atoms with van der Waals surface area (Å²) in [6.45, 7) is 6.52. The molecule has 9 rings (SSSR count). The van der Waals surface area contributed by atoms with Gasteiger partial charge in [-0.25, -0.2) is 0 Å². The standard InChI is InChI=1S/C47H35N/c1-30-19-23-37(24-20-30)48(43-26-31(2)18-21-32(43)3)38-25-22-35-28-41-42(29-36(35)27-38)47-45(34-14-8-5-9-15-34)40-17-11-10-16-39(40)44(46(41)47)33-12-6-4-7-13-33/h4-29H,1-3H3. The minimum atomic E-state index is 1.16. The van der Waals surface area contributed by atoms with E-state index in [9.17, 15) is 0 Å². The van der Waals surface area contributed by atoms with Gasteiger partial charge in [-0.15, -0.1) is 0 Å². The molecule has 0 bridgehead atoms. The van der Waals surface area contributed by atoms with Crippen LogP contribution in [0.5, 0.6) is 0 Å². The molecule has 0 heterocycles. The molecule has 0 spiro atoms. The third kappa shape index (κ3) is 4.47. The molecule has 0 saturated heterocycles. The Morgan fingerprint density at radius 2 is 0.896 bits per heavy atom. The summed E-state index contributed by atoms with van der Waals surface area (Å²) in [6, 6.07) is 58.2. The van der Waals surface area contributed by atoms with Crippen LogP contribution < -0.4 is 4.90 Å². The zero-order valence-corrected chi connectivity index (χ0v) is 27.5. The third-order valence-corrected chi connectivity index (χ3v) is 10.00. The maximum Gasteiger partial charge on any atom is 0.0493 e. The summed E-state index contributed by atoms with van der Waals surface area (Å²) in [6.07, 6.45) is 0. The first-order valence-corrected chi connectivity index (χ1v) is 16.8. The number of hydrogen-bond donors (Lipinski definition) is 0. The first kappa shape index (κ1) is 28.3. The second kappa shape index (κ2) is 11.1. The highest BCUT2D eigenvalue weighted by Gasteiger charge is 2.32. The van der Waals surface area contributed by atoms with Gasteiger partial charge in [0.2, 0.25) is 0 Å². The minimum absolute atomic E-state index is 1.16. The number of nitrogens with zero attached hydrogens (tertiary/aromatic N) is 1. The van der Waals surface area contributed by atoms with Crippen LogP contribution in [0.3, 0.4) is 0 Å². The third-order valence-electron chi connectivity index (χ3n) is 10.00. The van der Waals surface area contributed by atoms with Crippen molar-refractivity contribution < 1.29 is 0 Å². The first-order chi connectivity index (χ1) is 23.5. The van der Waals surface area contributed by atoms with Gasteiger partial charge in [-0.2, -0.15) is 0 Å². The molecule has 1 aliphatic rings. The van der Waals surface area contributed by atoms with Crippen LogP contribution in [0.1, 0.15) is 16.7 Å². The lowest BCUT2D eigenvalue weighted by atomic mass is 9.70. The van der Waals surface area contributed by atoms with Crippen molar-refractivity contribution in [2.24, 2.45) is 0 Å². The average molecular weight is 614 g/mol. The molecule has 228 valence electrons. The van der Waals surface area contributed by atoms with E-state index in [1.54, 1.807) is 0 Å². The van der Waals surface area contributed by atoms with Crippen LogP contribution in [0.25, 0.3) is 66.1 Å². The molecule has 1 aliphatic carbocycles. The molecule has 1 nitrogen and oxygen atoms in total. The van der Waals surface area contributed by atoms with Crippen molar-refractivity contribution in [3.8, 4) is 44.5 Å². The molecule has 0 saturated carbocycles. The summed E-state index contributed by atoms with van der Waals surface area (Å²) in [5.74, 6) is 0. The van der Waals surface area contributed by atoms with E-state index in [4.69, 9.17) is 0 Å². The van der Waals surface area contributed by atoms with Crippen LogP contribution in [0.4, 0.5) is 17.1 Å². The van der Waals surface area contributed by atoms with Crippen molar-refractivity contribution in [3.05, 3.63) is 174 Å². The highest BCUT2D eigenvalue weighted by Crippen LogP contribution is 2.59. The number of anilines is 3. The lowest BCUT2D eigenvalue weighted by Crippen LogP contribution is -2.11. The van der Waals surface area contributed by atoms with E-state index >= 15 is 0 Å². The van der Waals surface area contributed by atoms with Crippen molar-refractivity contribution in [1.82, 2.24) is 0 Å². The molecule has 0 amide bonds. The van der Waals surface area contributed by atoms with E-state index < -0.39 is 0 Å². The highest BCUT2D eigenvalue weighted by molar-refractivity contribution is 6.26. The summed E-state index contributed by atoms with van der Waals surface area (Å²) in [5, 5.41) is 5.08. The van der Waals surface area contributed by atoms with Gasteiger partial charge in [-0.3, -0.25) is 0 Å². The fraction of sp³-hybridized carbons (Fsp3) is 0.0638. The summed E-state index contributed by atoms with van der Waals surface area (Å²) in [5.41, 5.74) is 17.8. The van der Waals surface area contributed by atoms with Crippen LogP contribution in [0, 0.1) is 20.8 Å². The van der Waals surface area contributed by atoms with Crippen molar-refractivity contribution in [2.45, 2.75) is 20.8 Å². The Labute approximate surface area is 282 Å². The van der Waals surface area contributed by atoms with Crippen LogP contribution in [0.15, 0.2) is 158 Å². The van der Waals surface area contributed by atoms with E-state index in [0.717, 1.165) is 11.4 Å². The van der Waals surface area contributed by atoms with Crippen molar-refractivity contribution in [2.75, 3.05) is 4.90 Å². The van der Waals surface area contributed by atoms with Gasteiger partial charge < -0.3 is 4.90 Å². The number of benzene rings is 8. The molecule has 0 fully saturated rings. The summed E-state index contributed by atoms with van der Waals surface area (Å²) < 4.78 is 0. The fourth-order valence-electron chi connectivity index (χ4n) is 7.64. The van der Waals surface area contributed by atoms with E-state index in [0.29, 0.717) is 0 Å². The molecule has 0 aromatic heterocycles. The van der Waals surface area contributed by atoms with Crippen LogP contribution >= 0.6 is 0 Å². The van der Waals surface area contributed by atoms with Gasteiger partial charge >= 0.3 is 0 Å². The molecule has 0 N–H and O–H groups in total. The Hall–Kier alpha value is -5.92. The molecule has 8 aromatic rings. The normalized spacial score (nSPS) is 11.6. The largest absolute Gasteiger partial charge is 0.310 e. The molecular weight excluding hydrogens is 579 g/mol. The van der Waals surface area contributed by atoms with Gasteiger partial charge in [0.05, 0.1) is 0 Å². The lowest BCUT2D eigenvalue weighted by molar-refractivity contribution is 1.24. The second-order valence-electron chi connectivity index (χ2n) is 13.2. The molecular formula is C47H35N. The quantitative estimate of drug-likeness (QED) is 0.187. The summed E-state index contributed by atoms with van der Waals surface area (Å²) in [7, 11) is 0. The Kier molecular flexibility index (Phi) is 6.55. The maximum absolute atomic E-state index is 2.43. The Morgan fingerprint density at radius 1 is 0.375 bits per heavy atom. The van der Waals surface area contributed by atoms with E-state index in [1.807, 2.05) is 0 Å². The molecule has 0 unspecified atom stereocenters. The molecule has 8 aromatic carbocycles. The number of hydrogen-bond acceptors (Lipinski definition) is 1. The van der Waals surface area contributed by atoms with Gasteiger partial charge in [-0.1, -0.05) is 121 Å². The Balaban J connectivity index is 1.30. The Morgan fingerprint density at radius 3 is 1.50 bits per heavy atom. The average Bonchev–Trinajstić information content (AvgIpc) is 3.12. The smallest absolute Gasteiger partial charge is 0.0493 e. The lowest BCUT2D eigenvalue weighted by Gasteiger charge is -2.33. The van der Waals surface area contributed by atoms with E-state index in [2.05, 4.69) is 183 Å². The first-order valence-electron chi connectivity index (χ1n) is 16.8.